The molecule has 0 amide bonds. The van der Waals surface area contributed by atoms with Crippen LogP contribution in [0.2, 0.25) is 0 Å². The van der Waals surface area contributed by atoms with Crippen molar-refractivity contribution in [3.63, 3.8) is 0 Å². The zero-order valence-electron chi connectivity index (χ0n) is 10.4. The summed E-state index contributed by atoms with van der Waals surface area (Å²) in [5, 5.41) is 0. The van der Waals surface area contributed by atoms with Gasteiger partial charge in [0.25, 0.3) is 0 Å². The van der Waals surface area contributed by atoms with Gasteiger partial charge in [0.1, 0.15) is 0 Å². The minimum atomic E-state index is 0.422. The summed E-state index contributed by atoms with van der Waals surface area (Å²) in [5.74, 6) is 0. The van der Waals surface area contributed by atoms with Gasteiger partial charge in [-0.15, -0.1) is 0 Å². The van der Waals surface area contributed by atoms with E-state index in [1.165, 1.54) is 30.4 Å². The number of aryl methyl sites for hydroxylation is 2. The second-order valence-electron chi connectivity index (χ2n) is 5.04. The number of rotatable bonds is 3. The van der Waals surface area contributed by atoms with Crippen molar-refractivity contribution in [3.05, 3.63) is 70.8 Å². The second kappa shape index (κ2) is 5.27. The molecule has 0 aliphatic heterocycles. The lowest BCUT2D eigenvalue weighted by molar-refractivity contribution is 0.910. The average molecular weight is 301 g/mol. The molecule has 0 bridgehead atoms. The van der Waals surface area contributed by atoms with Crippen LogP contribution in [0.5, 0.6) is 0 Å². The Morgan fingerprint density at radius 2 is 1.72 bits per heavy atom. The highest BCUT2D eigenvalue weighted by atomic mass is 79.9. The summed E-state index contributed by atoms with van der Waals surface area (Å²) < 4.78 is 0. The van der Waals surface area contributed by atoms with Crippen LogP contribution in [0.3, 0.4) is 0 Å². The fourth-order valence-electron chi connectivity index (χ4n) is 2.73. The molecule has 0 nitrogen and oxygen atoms in total. The summed E-state index contributed by atoms with van der Waals surface area (Å²) in [5.41, 5.74) is 5.92. The second-order valence-corrected chi connectivity index (χ2v) is 6.14. The van der Waals surface area contributed by atoms with E-state index in [2.05, 4.69) is 64.5 Å². The maximum atomic E-state index is 3.83. The lowest BCUT2D eigenvalue weighted by Crippen LogP contribution is -1.96. The fraction of sp³-hybridized carbons (Fsp3) is 0.294. The standard InChI is InChI=1S/C17H17Br/c18-17(11-13-5-2-1-3-6-13)16-10-9-14-7-4-8-15(14)12-16/h1-3,5-6,9-10,12,17H,4,7-8,11H2. The molecule has 2 aromatic carbocycles. The lowest BCUT2D eigenvalue weighted by Gasteiger charge is -2.12. The molecule has 1 aliphatic rings. The Morgan fingerprint density at radius 3 is 2.56 bits per heavy atom. The van der Waals surface area contributed by atoms with Crippen LogP contribution in [0, 0.1) is 0 Å². The third kappa shape index (κ3) is 2.51. The number of halogens is 1. The Bertz CT molecular complexity index is 531. The highest BCUT2D eigenvalue weighted by Crippen LogP contribution is 2.31. The zero-order valence-corrected chi connectivity index (χ0v) is 12.0. The van der Waals surface area contributed by atoms with Crippen LogP contribution in [0.4, 0.5) is 0 Å². The predicted octanol–water partition coefficient (Wildman–Crippen LogP) is 4.85. The molecule has 0 radical (unpaired) electrons. The summed E-state index contributed by atoms with van der Waals surface area (Å²) in [6.07, 6.45) is 4.90. The van der Waals surface area contributed by atoms with Gasteiger partial charge >= 0.3 is 0 Å². The van der Waals surface area contributed by atoms with Gasteiger partial charge in [-0.3, -0.25) is 0 Å². The van der Waals surface area contributed by atoms with Crippen LogP contribution in [-0.4, -0.2) is 0 Å². The largest absolute Gasteiger partial charge is 0.0835 e. The quantitative estimate of drug-likeness (QED) is 0.711. The number of hydrogen-bond donors (Lipinski definition) is 0. The van der Waals surface area contributed by atoms with Gasteiger partial charge in [-0.2, -0.15) is 0 Å². The van der Waals surface area contributed by atoms with E-state index in [9.17, 15) is 0 Å². The first-order chi connectivity index (χ1) is 8.83. The van der Waals surface area contributed by atoms with Crippen molar-refractivity contribution in [3.8, 4) is 0 Å². The van der Waals surface area contributed by atoms with Crippen molar-refractivity contribution < 1.29 is 0 Å². The van der Waals surface area contributed by atoms with E-state index >= 15 is 0 Å². The van der Waals surface area contributed by atoms with E-state index in [0.29, 0.717) is 4.83 Å². The van der Waals surface area contributed by atoms with Gasteiger partial charge in [0.2, 0.25) is 0 Å². The highest BCUT2D eigenvalue weighted by Gasteiger charge is 2.14. The summed E-state index contributed by atoms with van der Waals surface area (Å²) in [7, 11) is 0. The molecule has 1 heteroatoms. The van der Waals surface area contributed by atoms with Crippen LogP contribution in [0.15, 0.2) is 48.5 Å². The van der Waals surface area contributed by atoms with Crippen molar-refractivity contribution in [2.24, 2.45) is 0 Å². The Hall–Kier alpha value is -1.08. The molecule has 0 heterocycles. The zero-order chi connectivity index (χ0) is 12.4. The minimum absolute atomic E-state index is 0.422. The van der Waals surface area contributed by atoms with Crippen LogP contribution < -0.4 is 0 Å². The van der Waals surface area contributed by atoms with Gasteiger partial charge in [0.05, 0.1) is 0 Å². The first-order valence-electron chi connectivity index (χ1n) is 6.62. The molecule has 0 saturated heterocycles. The Balaban J connectivity index is 1.78. The maximum Gasteiger partial charge on any atom is 0.0435 e. The van der Waals surface area contributed by atoms with Crippen LogP contribution in [0.25, 0.3) is 0 Å². The molecule has 92 valence electrons. The molecule has 0 N–H and O–H groups in total. The van der Waals surface area contributed by atoms with Gasteiger partial charge in [-0.25, -0.2) is 0 Å². The van der Waals surface area contributed by atoms with E-state index in [4.69, 9.17) is 0 Å². The SMILES string of the molecule is BrC(Cc1ccccc1)c1ccc2c(c1)CCC2. The number of fused-ring (bicyclic) bond motifs is 1. The number of alkyl halides is 1. The molecule has 1 unspecified atom stereocenters. The smallest absolute Gasteiger partial charge is 0.0435 e. The van der Waals surface area contributed by atoms with Crippen LogP contribution in [0.1, 0.15) is 33.5 Å². The molecule has 18 heavy (non-hydrogen) atoms. The van der Waals surface area contributed by atoms with E-state index in [1.54, 1.807) is 11.1 Å². The van der Waals surface area contributed by atoms with Crippen molar-refractivity contribution in [2.75, 3.05) is 0 Å². The molecule has 0 fully saturated rings. The molecule has 0 spiro atoms. The Morgan fingerprint density at radius 1 is 0.944 bits per heavy atom. The van der Waals surface area contributed by atoms with Crippen molar-refractivity contribution in [1.82, 2.24) is 0 Å². The lowest BCUT2D eigenvalue weighted by atomic mass is 10.0. The van der Waals surface area contributed by atoms with Gasteiger partial charge in [-0.05, 0) is 47.9 Å². The molecule has 1 atom stereocenters. The van der Waals surface area contributed by atoms with Gasteiger partial charge < -0.3 is 0 Å². The molecule has 3 rings (SSSR count). The van der Waals surface area contributed by atoms with Crippen molar-refractivity contribution in [2.45, 2.75) is 30.5 Å². The first kappa shape index (κ1) is 12.0. The van der Waals surface area contributed by atoms with Gasteiger partial charge in [-0.1, -0.05) is 64.5 Å². The van der Waals surface area contributed by atoms with Crippen molar-refractivity contribution in [1.29, 1.82) is 0 Å². The van der Waals surface area contributed by atoms with Crippen molar-refractivity contribution >= 4 is 15.9 Å². The molecule has 1 aliphatic carbocycles. The van der Waals surface area contributed by atoms with E-state index < -0.39 is 0 Å². The molecular formula is C17H17Br. The van der Waals surface area contributed by atoms with E-state index in [-0.39, 0.29) is 0 Å². The summed E-state index contributed by atoms with van der Waals surface area (Å²) in [6.45, 7) is 0. The maximum absolute atomic E-state index is 3.83. The third-order valence-corrected chi connectivity index (χ3v) is 4.59. The van der Waals surface area contributed by atoms with E-state index in [1.807, 2.05) is 0 Å². The topological polar surface area (TPSA) is 0 Å². The molecule has 2 aromatic rings. The predicted molar refractivity (Wildman–Crippen MR) is 80.3 cm³/mol. The fourth-order valence-corrected chi connectivity index (χ4v) is 3.38. The Kier molecular flexibility index (Phi) is 3.51. The van der Waals surface area contributed by atoms with Crippen LogP contribution >= 0.6 is 15.9 Å². The van der Waals surface area contributed by atoms with Gasteiger partial charge in [0.15, 0.2) is 0 Å². The molecule has 0 aromatic heterocycles. The van der Waals surface area contributed by atoms with Crippen LogP contribution in [-0.2, 0) is 19.3 Å². The first-order valence-corrected chi connectivity index (χ1v) is 7.54. The average Bonchev–Trinajstić information content (AvgIpc) is 2.87. The Labute approximate surface area is 117 Å². The highest BCUT2D eigenvalue weighted by molar-refractivity contribution is 9.09. The third-order valence-electron chi connectivity index (χ3n) is 3.74. The monoisotopic (exact) mass is 300 g/mol. The summed E-state index contributed by atoms with van der Waals surface area (Å²) in [6, 6.07) is 17.7. The van der Waals surface area contributed by atoms with Gasteiger partial charge in [0, 0.05) is 4.83 Å². The minimum Gasteiger partial charge on any atom is -0.0835 e. The number of benzene rings is 2. The summed E-state index contributed by atoms with van der Waals surface area (Å²) >= 11 is 3.83. The molecule has 0 saturated carbocycles. The molecular weight excluding hydrogens is 284 g/mol. The van der Waals surface area contributed by atoms with E-state index in [0.717, 1.165) is 6.42 Å². The number of hydrogen-bond acceptors (Lipinski definition) is 0. The normalized spacial score (nSPS) is 15.4. The summed E-state index contributed by atoms with van der Waals surface area (Å²) in [4.78, 5) is 0.422.